The van der Waals surface area contributed by atoms with Gasteiger partial charge in [-0.25, -0.2) is 15.0 Å². The van der Waals surface area contributed by atoms with Crippen LogP contribution in [0.3, 0.4) is 0 Å². The molecule has 0 aliphatic heterocycles. The highest BCUT2D eigenvalue weighted by atomic mass is 16.3. The minimum absolute atomic E-state index is 0.286. The summed E-state index contributed by atoms with van der Waals surface area (Å²) in [6, 6.07) is 66.3. The van der Waals surface area contributed by atoms with Crippen LogP contribution in [0.15, 0.2) is 192 Å². The van der Waals surface area contributed by atoms with Crippen molar-refractivity contribution in [2.75, 3.05) is 0 Å². The molecule has 0 radical (unpaired) electrons. The number of benzene rings is 8. The van der Waals surface area contributed by atoms with Crippen LogP contribution in [-0.2, 0) is 5.41 Å². The molecular formula is C53H34N4O. The van der Waals surface area contributed by atoms with Gasteiger partial charge >= 0.3 is 0 Å². The molecule has 0 N–H and O–H groups in total. The summed E-state index contributed by atoms with van der Waals surface area (Å²) in [5.41, 5.74) is 14.0. The molecule has 0 saturated heterocycles. The first kappa shape index (κ1) is 32.6. The van der Waals surface area contributed by atoms with E-state index in [-0.39, 0.29) is 5.41 Å². The van der Waals surface area contributed by atoms with E-state index in [1.807, 2.05) is 72.8 Å². The van der Waals surface area contributed by atoms with Crippen LogP contribution < -0.4 is 0 Å². The van der Waals surface area contributed by atoms with E-state index in [1.54, 1.807) is 0 Å². The summed E-state index contributed by atoms with van der Waals surface area (Å²) in [6.45, 7) is 2.38. The Bertz CT molecular complexity index is 3350. The lowest BCUT2D eigenvalue weighted by atomic mass is 9.74. The summed E-state index contributed by atoms with van der Waals surface area (Å²) >= 11 is 0. The number of hydrogen-bond acceptors (Lipinski definition) is 4. The molecule has 12 rings (SSSR count). The second-order valence-corrected chi connectivity index (χ2v) is 15.3. The van der Waals surface area contributed by atoms with E-state index in [0.29, 0.717) is 17.5 Å². The summed E-state index contributed by atoms with van der Waals surface area (Å²) in [5, 5.41) is 4.47. The van der Waals surface area contributed by atoms with Crippen LogP contribution in [0.2, 0.25) is 0 Å². The summed E-state index contributed by atoms with van der Waals surface area (Å²) in [7, 11) is 0. The molecule has 272 valence electrons. The molecule has 3 heterocycles. The van der Waals surface area contributed by atoms with Crippen molar-refractivity contribution >= 4 is 43.7 Å². The topological polar surface area (TPSA) is 56.7 Å². The fraction of sp³-hybridized carbons (Fsp3) is 0.0377. The normalized spacial score (nSPS) is 14.7. The number of hydrogen-bond donors (Lipinski definition) is 0. The summed E-state index contributed by atoms with van der Waals surface area (Å²) < 4.78 is 8.99. The molecule has 0 fully saturated rings. The molecule has 1 atom stereocenters. The number of fused-ring (bicyclic) bond motifs is 10. The van der Waals surface area contributed by atoms with Crippen LogP contribution in [0.5, 0.6) is 0 Å². The van der Waals surface area contributed by atoms with Crippen LogP contribution in [0.4, 0.5) is 0 Å². The lowest BCUT2D eigenvalue weighted by molar-refractivity contribution is 0.669. The summed E-state index contributed by atoms with van der Waals surface area (Å²) in [5.74, 6) is 1.84. The molecule has 58 heavy (non-hydrogen) atoms. The first-order valence-electron chi connectivity index (χ1n) is 19.7. The number of aromatic nitrogens is 4. The van der Waals surface area contributed by atoms with E-state index in [1.165, 1.54) is 38.6 Å². The number of rotatable bonds is 5. The van der Waals surface area contributed by atoms with Crippen molar-refractivity contribution in [1.29, 1.82) is 0 Å². The predicted molar refractivity (Wildman–Crippen MR) is 235 cm³/mol. The maximum absolute atomic E-state index is 6.58. The second-order valence-electron chi connectivity index (χ2n) is 15.3. The highest BCUT2D eigenvalue weighted by Crippen LogP contribution is 2.56. The van der Waals surface area contributed by atoms with E-state index in [0.717, 1.165) is 55.3 Å². The quantitative estimate of drug-likeness (QED) is 0.176. The van der Waals surface area contributed by atoms with Gasteiger partial charge in [-0.3, -0.25) is 0 Å². The first-order chi connectivity index (χ1) is 28.6. The number of nitrogens with zero attached hydrogens (tertiary/aromatic N) is 4. The average molecular weight is 743 g/mol. The molecule has 1 aliphatic rings. The summed E-state index contributed by atoms with van der Waals surface area (Å²) in [4.78, 5) is 15.2. The van der Waals surface area contributed by atoms with Crippen molar-refractivity contribution in [3.05, 3.63) is 205 Å². The van der Waals surface area contributed by atoms with Crippen molar-refractivity contribution in [2.24, 2.45) is 0 Å². The van der Waals surface area contributed by atoms with Gasteiger partial charge in [-0.05, 0) is 71.1 Å². The van der Waals surface area contributed by atoms with Crippen LogP contribution >= 0.6 is 0 Å². The molecule has 0 spiro atoms. The van der Waals surface area contributed by atoms with E-state index >= 15 is 0 Å². The van der Waals surface area contributed by atoms with Crippen molar-refractivity contribution in [1.82, 2.24) is 19.5 Å². The zero-order valence-electron chi connectivity index (χ0n) is 31.6. The molecule has 11 aromatic rings. The first-order valence-corrected chi connectivity index (χ1v) is 19.7. The van der Waals surface area contributed by atoms with Gasteiger partial charge in [0.25, 0.3) is 0 Å². The highest BCUT2D eigenvalue weighted by Gasteiger charge is 2.42. The standard InChI is InChI=1S/C53H34N4O/c1-53(35-20-9-4-10-21-35)41-25-13-11-22-37(41)48-42(53)29-30-44-49(48)38-23-12-14-26-43(38)57(44)36-28-31-45-40(32-36)47-39(24-15-27-46(47)58-45)52-55-50(33-16-5-2-6-17-33)54-51(56-52)34-18-7-3-8-19-34/h2-32H,1H3. The van der Waals surface area contributed by atoms with Crippen LogP contribution in [0, 0.1) is 0 Å². The van der Waals surface area contributed by atoms with Gasteiger partial charge in [0.2, 0.25) is 0 Å². The van der Waals surface area contributed by atoms with Crippen molar-refractivity contribution in [3.8, 4) is 51.0 Å². The molecule has 0 saturated carbocycles. The Morgan fingerprint density at radius 3 is 1.84 bits per heavy atom. The smallest absolute Gasteiger partial charge is 0.164 e. The Morgan fingerprint density at radius 2 is 1.09 bits per heavy atom. The fourth-order valence-corrected chi connectivity index (χ4v) is 9.47. The number of furan rings is 1. The van der Waals surface area contributed by atoms with E-state index in [4.69, 9.17) is 19.4 Å². The molecule has 0 amide bonds. The highest BCUT2D eigenvalue weighted by molar-refractivity contribution is 6.19. The monoisotopic (exact) mass is 742 g/mol. The minimum Gasteiger partial charge on any atom is -0.456 e. The van der Waals surface area contributed by atoms with Crippen LogP contribution in [0.25, 0.3) is 94.7 Å². The zero-order valence-corrected chi connectivity index (χ0v) is 31.6. The van der Waals surface area contributed by atoms with Gasteiger partial charge < -0.3 is 8.98 Å². The van der Waals surface area contributed by atoms with E-state index in [2.05, 4.69) is 127 Å². The third-order valence-corrected chi connectivity index (χ3v) is 12.1. The van der Waals surface area contributed by atoms with Gasteiger partial charge in [0, 0.05) is 49.3 Å². The molecule has 5 heteroatoms. The van der Waals surface area contributed by atoms with Gasteiger partial charge in [0.05, 0.1) is 11.0 Å². The lowest BCUT2D eigenvalue weighted by Gasteiger charge is -2.28. The average Bonchev–Trinajstić information content (AvgIpc) is 3.93. The number of para-hydroxylation sites is 1. The predicted octanol–water partition coefficient (Wildman–Crippen LogP) is 13.2. The second kappa shape index (κ2) is 12.4. The SMILES string of the molecule is CC1(c2ccccc2)c2ccccc2-c2c1ccc1c2c2ccccc2n1-c1ccc2oc3cccc(-c4nc(-c5ccccc5)nc(-c5ccccc5)n4)c3c2c1. The van der Waals surface area contributed by atoms with Gasteiger partial charge in [0.15, 0.2) is 17.5 Å². The molecule has 5 nitrogen and oxygen atoms in total. The Kier molecular flexibility index (Phi) is 6.99. The molecule has 8 aromatic carbocycles. The largest absolute Gasteiger partial charge is 0.456 e. The van der Waals surface area contributed by atoms with Gasteiger partial charge in [0.1, 0.15) is 11.2 Å². The Morgan fingerprint density at radius 1 is 0.448 bits per heavy atom. The Labute approximate surface area is 334 Å². The Hall–Kier alpha value is -7.63. The fourth-order valence-electron chi connectivity index (χ4n) is 9.47. The molecule has 1 unspecified atom stereocenters. The molecule has 0 bridgehead atoms. The maximum atomic E-state index is 6.58. The van der Waals surface area contributed by atoms with Crippen molar-refractivity contribution in [2.45, 2.75) is 12.3 Å². The zero-order chi connectivity index (χ0) is 38.4. The van der Waals surface area contributed by atoms with Crippen molar-refractivity contribution in [3.63, 3.8) is 0 Å². The third kappa shape index (κ3) is 4.68. The minimum atomic E-state index is -0.286. The summed E-state index contributed by atoms with van der Waals surface area (Å²) in [6.07, 6.45) is 0. The van der Waals surface area contributed by atoms with Gasteiger partial charge in [-0.1, -0.05) is 152 Å². The van der Waals surface area contributed by atoms with Crippen LogP contribution in [0.1, 0.15) is 23.6 Å². The molecule has 1 aliphatic carbocycles. The van der Waals surface area contributed by atoms with Gasteiger partial charge in [-0.15, -0.1) is 0 Å². The van der Waals surface area contributed by atoms with E-state index < -0.39 is 0 Å². The van der Waals surface area contributed by atoms with Crippen LogP contribution in [-0.4, -0.2) is 19.5 Å². The maximum Gasteiger partial charge on any atom is 0.164 e. The van der Waals surface area contributed by atoms with Gasteiger partial charge in [-0.2, -0.15) is 0 Å². The lowest BCUT2D eigenvalue weighted by Crippen LogP contribution is -2.22. The third-order valence-electron chi connectivity index (χ3n) is 12.1. The Balaban J connectivity index is 1.10. The molecule has 3 aromatic heterocycles. The van der Waals surface area contributed by atoms with E-state index in [9.17, 15) is 0 Å². The van der Waals surface area contributed by atoms with Crippen molar-refractivity contribution < 1.29 is 4.42 Å². The molecular weight excluding hydrogens is 709 g/mol.